The predicted octanol–water partition coefficient (Wildman–Crippen LogP) is 3.40. The molecule has 0 aliphatic heterocycles. The summed E-state index contributed by atoms with van der Waals surface area (Å²) in [6.45, 7) is 8.46. The summed E-state index contributed by atoms with van der Waals surface area (Å²) in [7, 11) is 0. The Morgan fingerprint density at radius 1 is 1.00 bits per heavy atom. The summed E-state index contributed by atoms with van der Waals surface area (Å²) in [5, 5.41) is 14.3. The minimum atomic E-state index is -0.506. The van der Waals surface area contributed by atoms with Crippen LogP contribution in [0.3, 0.4) is 0 Å². The molecule has 0 heterocycles. The van der Waals surface area contributed by atoms with Gasteiger partial charge in [-0.1, -0.05) is 37.6 Å². The summed E-state index contributed by atoms with van der Waals surface area (Å²) in [5.41, 5.74) is 0.894. The van der Waals surface area contributed by atoms with E-state index in [0.29, 0.717) is 17.0 Å². The van der Waals surface area contributed by atoms with Crippen molar-refractivity contribution in [3.8, 4) is 0 Å². The number of hydrogen-bond acceptors (Lipinski definition) is 2. The molecule has 0 aliphatic rings. The van der Waals surface area contributed by atoms with Crippen LogP contribution in [-0.2, 0) is 0 Å². The third-order valence-corrected chi connectivity index (χ3v) is 3.46. The van der Waals surface area contributed by atoms with Gasteiger partial charge in [-0.05, 0) is 37.5 Å². The smallest absolute Gasteiger partial charge is 0.0940 e. The second-order valence-electron chi connectivity index (χ2n) is 4.98. The van der Waals surface area contributed by atoms with Crippen molar-refractivity contribution in [1.82, 2.24) is 5.32 Å². The third kappa shape index (κ3) is 4.30. The quantitative estimate of drug-likeness (QED) is 0.845. The number of aliphatic hydroxyl groups excluding tert-OH is 1. The van der Waals surface area contributed by atoms with Crippen LogP contribution in [0.2, 0.25) is 5.02 Å². The molecular weight excluding hydrogens is 234 g/mol. The Kier molecular flexibility index (Phi) is 5.44. The molecule has 0 bridgehead atoms. The van der Waals surface area contributed by atoms with Gasteiger partial charge in [0.1, 0.15) is 0 Å². The van der Waals surface area contributed by atoms with E-state index in [1.807, 2.05) is 19.1 Å². The summed E-state index contributed by atoms with van der Waals surface area (Å²) < 4.78 is 0. The number of aliphatic hydroxyl groups is 1. The average molecular weight is 256 g/mol. The van der Waals surface area contributed by atoms with Gasteiger partial charge in [0.25, 0.3) is 0 Å². The Morgan fingerprint density at radius 2 is 1.53 bits per heavy atom. The average Bonchev–Trinajstić information content (AvgIpc) is 2.28. The molecule has 0 saturated carbocycles. The number of halogens is 1. The van der Waals surface area contributed by atoms with Gasteiger partial charge in [-0.3, -0.25) is 0 Å². The van der Waals surface area contributed by atoms with E-state index in [9.17, 15) is 5.11 Å². The van der Waals surface area contributed by atoms with E-state index in [2.05, 4.69) is 26.1 Å². The highest BCUT2D eigenvalue weighted by Gasteiger charge is 2.19. The molecule has 1 aromatic rings. The second-order valence-corrected chi connectivity index (χ2v) is 5.42. The van der Waals surface area contributed by atoms with Crippen LogP contribution in [0.1, 0.15) is 39.4 Å². The SMILES string of the molecule is CC(C)C(C)NC(C)C(O)c1ccc(Cl)cc1. The van der Waals surface area contributed by atoms with Gasteiger partial charge in [0, 0.05) is 17.1 Å². The van der Waals surface area contributed by atoms with Gasteiger partial charge in [-0.15, -0.1) is 0 Å². The molecule has 0 spiro atoms. The zero-order chi connectivity index (χ0) is 13.0. The van der Waals surface area contributed by atoms with Crippen LogP contribution in [0.25, 0.3) is 0 Å². The number of benzene rings is 1. The molecule has 0 aromatic heterocycles. The van der Waals surface area contributed by atoms with Crippen molar-refractivity contribution in [3.63, 3.8) is 0 Å². The molecule has 3 unspecified atom stereocenters. The van der Waals surface area contributed by atoms with E-state index in [4.69, 9.17) is 11.6 Å². The Hall–Kier alpha value is -0.570. The van der Waals surface area contributed by atoms with Gasteiger partial charge in [0.2, 0.25) is 0 Å². The number of nitrogens with one attached hydrogen (secondary N) is 1. The highest BCUT2D eigenvalue weighted by Crippen LogP contribution is 2.20. The molecule has 3 atom stereocenters. The molecule has 0 amide bonds. The van der Waals surface area contributed by atoms with E-state index in [1.165, 1.54) is 0 Å². The summed E-state index contributed by atoms with van der Waals surface area (Å²) >= 11 is 5.82. The van der Waals surface area contributed by atoms with E-state index < -0.39 is 6.10 Å². The first-order valence-corrected chi connectivity index (χ1v) is 6.49. The van der Waals surface area contributed by atoms with E-state index >= 15 is 0 Å². The van der Waals surface area contributed by atoms with Crippen molar-refractivity contribution in [2.75, 3.05) is 0 Å². The fraction of sp³-hybridized carbons (Fsp3) is 0.571. The second kappa shape index (κ2) is 6.39. The number of hydrogen-bond donors (Lipinski definition) is 2. The fourth-order valence-corrected chi connectivity index (χ4v) is 1.77. The minimum absolute atomic E-state index is 0.0218. The molecule has 0 saturated heterocycles. The first kappa shape index (κ1) is 14.5. The zero-order valence-electron chi connectivity index (χ0n) is 10.9. The Bertz CT molecular complexity index is 337. The molecule has 2 nitrogen and oxygen atoms in total. The van der Waals surface area contributed by atoms with Gasteiger partial charge < -0.3 is 10.4 Å². The van der Waals surface area contributed by atoms with Gasteiger partial charge in [-0.2, -0.15) is 0 Å². The minimum Gasteiger partial charge on any atom is -0.387 e. The molecule has 1 aromatic carbocycles. The molecule has 17 heavy (non-hydrogen) atoms. The summed E-state index contributed by atoms with van der Waals surface area (Å²) in [6.07, 6.45) is -0.506. The summed E-state index contributed by atoms with van der Waals surface area (Å²) in [5.74, 6) is 0.551. The van der Waals surface area contributed by atoms with Crippen molar-refractivity contribution in [3.05, 3.63) is 34.9 Å². The maximum absolute atomic E-state index is 10.2. The molecule has 0 aliphatic carbocycles. The topological polar surface area (TPSA) is 32.3 Å². The molecule has 1 rings (SSSR count). The van der Waals surface area contributed by atoms with Crippen LogP contribution in [-0.4, -0.2) is 17.2 Å². The van der Waals surface area contributed by atoms with Gasteiger partial charge in [0.15, 0.2) is 0 Å². The van der Waals surface area contributed by atoms with E-state index in [0.717, 1.165) is 5.56 Å². The maximum atomic E-state index is 10.2. The lowest BCUT2D eigenvalue weighted by Gasteiger charge is -2.26. The largest absolute Gasteiger partial charge is 0.387 e. The van der Waals surface area contributed by atoms with Crippen molar-refractivity contribution in [2.45, 2.75) is 45.9 Å². The van der Waals surface area contributed by atoms with E-state index in [-0.39, 0.29) is 6.04 Å². The van der Waals surface area contributed by atoms with Crippen LogP contribution >= 0.6 is 11.6 Å². The summed E-state index contributed by atoms with van der Waals surface area (Å²) in [6, 6.07) is 7.74. The Balaban J connectivity index is 2.63. The first-order valence-electron chi connectivity index (χ1n) is 6.11. The lowest BCUT2D eigenvalue weighted by Crippen LogP contribution is -2.41. The number of rotatable bonds is 5. The first-order chi connectivity index (χ1) is 7.91. The van der Waals surface area contributed by atoms with Crippen LogP contribution < -0.4 is 5.32 Å². The van der Waals surface area contributed by atoms with Crippen molar-refractivity contribution in [2.24, 2.45) is 5.92 Å². The molecule has 3 heteroatoms. The fourth-order valence-electron chi connectivity index (χ4n) is 1.65. The monoisotopic (exact) mass is 255 g/mol. The lowest BCUT2D eigenvalue weighted by molar-refractivity contribution is 0.126. The van der Waals surface area contributed by atoms with Crippen LogP contribution in [0.5, 0.6) is 0 Å². The van der Waals surface area contributed by atoms with Crippen LogP contribution in [0.15, 0.2) is 24.3 Å². The molecular formula is C14H22ClNO. The Labute approximate surface area is 109 Å². The van der Waals surface area contributed by atoms with Crippen molar-refractivity contribution in [1.29, 1.82) is 0 Å². The van der Waals surface area contributed by atoms with Gasteiger partial charge in [-0.25, -0.2) is 0 Å². The zero-order valence-corrected chi connectivity index (χ0v) is 11.7. The normalized spacial score (nSPS) is 16.9. The molecule has 2 N–H and O–H groups in total. The van der Waals surface area contributed by atoms with Gasteiger partial charge in [0.05, 0.1) is 6.10 Å². The van der Waals surface area contributed by atoms with Crippen LogP contribution in [0, 0.1) is 5.92 Å². The maximum Gasteiger partial charge on any atom is 0.0940 e. The summed E-state index contributed by atoms with van der Waals surface area (Å²) in [4.78, 5) is 0. The predicted molar refractivity (Wildman–Crippen MR) is 73.3 cm³/mol. The van der Waals surface area contributed by atoms with E-state index in [1.54, 1.807) is 12.1 Å². The highest BCUT2D eigenvalue weighted by molar-refractivity contribution is 6.30. The lowest BCUT2D eigenvalue weighted by atomic mass is 10.0. The molecule has 0 fully saturated rings. The molecule has 96 valence electrons. The standard InChI is InChI=1S/C14H22ClNO/c1-9(2)10(3)16-11(4)14(17)12-5-7-13(15)8-6-12/h5-11,14,16-17H,1-4H3. The molecule has 0 radical (unpaired) electrons. The van der Waals surface area contributed by atoms with Crippen molar-refractivity contribution >= 4 is 11.6 Å². The van der Waals surface area contributed by atoms with Crippen LogP contribution in [0.4, 0.5) is 0 Å². The third-order valence-electron chi connectivity index (χ3n) is 3.21. The highest BCUT2D eigenvalue weighted by atomic mass is 35.5. The Morgan fingerprint density at radius 3 is 2.00 bits per heavy atom. The van der Waals surface area contributed by atoms with Gasteiger partial charge >= 0.3 is 0 Å². The van der Waals surface area contributed by atoms with Crippen molar-refractivity contribution < 1.29 is 5.11 Å².